The van der Waals surface area contributed by atoms with Gasteiger partial charge in [0.1, 0.15) is 13.2 Å². The normalized spacial score (nSPS) is 12.6. The molecule has 6 nitrogen and oxygen atoms in total. The van der Waals surface area contributed by atoms with Crippen molar-refractivity contribution in [1.82, 2.24) is 0 Å². The zero-order valence-corrected chi connectivity index (χ0v) is 45.6. The summed E-state index contributed by atoms with van der Waals surface area (Å²) in [5.41, 5.74) is 0. The molecule has 6 heteroatoms. The molecule has 0 spiro atoms. The van der Waals surface area contributed by atoms with Gasteiger partial charge in [0.2, 0.25) is 0 Å². The molecule has 0 aromatic carbocycles. The largest absolute Gasteiger partial charge is 0.462 e. The fourth-order valence-electron chi connectivity index (χ4n) is 8.30. The molecule has 0 unspecified atom stereocenters. The van der Waals surface area contributed by atoms with Crippen LogP contribution < -0.4 is 0 Å². The molecule has 0 aliphatic rings. The van der Waals surface area contributed by atoms with E-state index in [2.05, 4.69) is 93.7 Å². The van der Waals surface area contributed by atoms with Gasteiger partial charge < -0.3 is 14.2 Å². The van der Waals surface area contributed by atoms with Crippen molar-refractivity contribution in [2.75, 3.05) is 13.2 Å². The number of esters is 3. The van der Waals surface area contributed by atoms with Crippen molar-refractivity contribution in [3.63, 3.8) is 0 Å². The van der Waals surface area contributed by atoms with Crippen molar-refractivity contribution in [1.29, 1.82) is 0 Å². The Kier molecular flexibility index (Phi) is 54.8. The molecular weight excluding hydrogens is 853 g/mol. The van der Waals surface area contributed by atoms with Crippen LogP contribution in [0.15, 0.2) is 72.9 Å². The summed E-state index contributed by atoms with van der Waals surface area (Å²) in [5.74, 6) is -0.946. The average Bonchev–Trinajstić information content (AvgIpc) is 3.35. The Morgan fingerprint density at radius 3 is 0.957 bits per heavy atom. The van der Waals surface area contributed by atoms with Crippen LogP contribution in [0.4, 0.5) is 0 Å². The van der Waals surface area contributed by atoms with Gasteiger partial charge in [-0.1, -0.05) is 261 Å². The van der Waals surface area contributed by atoms with Crippen LogP contribution in [0.2, 0.25) is 0 Å². The first-order chi connectivity index (χ1) is 34.0. The predicted octanol–water partition coefficient (Wildman–Crippen LogP) is 19.8. The lowest BCUT2D eigenvalue weighted by Gasteiger charge is -2.18. The van der Waals surface area contributed by atoms with Crippen LogP contribution in [0.3, 0.4) is 0 Å². The van der Waals surface area contributed by atoms with E-state index < -0.39 is 6.10 Å². The summed E-state index contributed by atoms with van der Waals surface area (Å²) in [7, 11) is 0. The minimum Gasteiger partial charge on any atom is -0.462 e. The number of carbonyl (C=O) groups is 3. The van der Waals surface area contributed by atoms with Crippen molar-refractivity contribution in [3.8, 4) is 0 Å². The molecule has 0 fully saturated rings. The molecule has 0 aliphatic heterocycles. The average molecular weight is 964 g/mol. The summed E-state index contributed by atoms with van der Waals surface area (Å²) in [4.78, 5) is 38.2. The lowest BCUT2D eigenvalue weighted by molar-refractivity contribution is -0.167. The maximum Gasteiger partial charge on any atom is 0.306 e. The molecule has 398 valence electrons. The Balaban J connectivity index is 4.45. The molecular formula is C63H110O6. The molecule has 0 bridgehead atoms. The summed E-state index contributed by atoms with van der Waals surface area (Å²) in [6, 6.07) is 0. The van der Waals surface area contributed by atoms with Crippen LogP contribution in [-0.2, 0) is 28.6 Å². The van der Waals surface area contributed by atoms with E-state index in [-0.39, 0.29) is 37.5 Å². The SMILES string of the molecule is CC/C=C/C/C=C/C/C=C/C/C=C/C/C=C/CCCC(=O)OC[C@@H](COC(=O)CCCCCCCCCCCCCCCCCCC)OC(=O)CCCCCCCCC/C=C/CCCCCCCC. The highest BCUT2D eigenvalue weighted by Gasteiger charge is 2.19. The second-order valence-corrected chi connectivity index (χ2v) is 19.5. The highest BCUT2D eigenvalue weighted by atomic mass is 16.6. The van der Waals surface area contributed by atoms with Gasteiger partial charge in [-0.15, -0.1) is 0 Å². The van der Waals surface area contributed by atoms with Gasteiger partial charge in [-0.2, -0.15) is 0 Å². The summed E-state index contributed by atoms with van der Waals surface area (Å²) >= 11 is 0. The fourth-order valence-corrected chi connectivity index (χ4v) is 8.30. The zero-order chi connectivity index (χ0) is 50.0. The van der Waals surface area contributed by atoms with Gasteiger partial charge in [0.05, 0.1) is 0 Å². The molecule has 0 N–H and O–H groups in total. The molecule has 0 heterocycles. The van der Waals surface area contributed by atoms with E-state index >= 15 is 0 Å². The second-order valence-electron chi connectivity index (χ2n) is 19.5. The zero-order valence-electron chi connectivity index (χ0n) is 45.6. The molecule has 0 saturated carbocycles. The van der Waals surface area contributed by atoms with Gasteiger partial charge in [0, 0.05) is 19.3 Å². The Labute approximate surface area is 427 Å². The molecule has 0 aliphatic carbocycles. The molecule has 0 saturated heterocycles. The number of carbonyl (C=O) groups excluding carboxylic acids is 3. The number of unbranched alkanes of at least 4 members (excludes halogenated alkanes) is 30. The van der Waals surface area contributed by atoms with Crippen LogP contribution >= 0.6 is 0 Å². The molecule has 0 aromatic rings. The molecule has 0 rings (SSSR count). The number of allylic oxidation sites excluding steroid dienone is 12. The highest BCUT2D eigenvalue weighted by molar-refractivity contribution is 5.71. The predicted molar refractivity (Wildman–Crippen MR) is 298 cm³/mol. The lowest BCUT2D eigenvalue weighted by Crippen LogP contribution is -2.30. The van der Waals surface area contributed by atoms with Crippen molar-refractivity contribution >= 4 is 17.9 Å². The first-order valence-corrected chi connectivity index (χ1v) is 29.4. The van der Waals surface area contributed by atoms with E-state index in [1.165, 1.54) is 167 Å². The molecule has 0 aromatic heterocycles. The summed E-state index contributed by atoms with van der Waals surface area (Å²) in [5, 5.41) is 0. The van der Waals surface area contributed by atoms with Gasteiger partial charge >= 0.3 is 17.9 Å². The Morgan fingerprint density at radius 2 is 0.580 bits per heavy atom. The van der Waals surface area contributed by atoms with Gasteiger partial charge in [0.25, 0.3) is 0 Å². The molecule has 69 heavy (non-hydrogen) atoms. The maximum absolute atomic E-state index is 12.9. The van der Waals surface area contributed by atoms with E-state index in [9.17, 15) is 14.4 Å². The first-order valence-electron chi connectivity index (χ1n) is 29.4. The lowest BCUT2D eigenvalue weighted by atomic mass is 10.0. The summed E-state index contributed by atoms with van der Waals surface area (Å²) in [6.45, 7) is 6.50. The van der Waals surface area contributed by atoms with E-state index in [1.54, 1.807) is 0 Å². The van der Waals surface area contributed by atoms with Gasteiger partial charge in [-0.3, -0.25) is 14.4 Å². The highest BCUT2D eigenvalue weighted by Crippen LogP contribution is 2.16. The van der Waals surface area contributed by atoms with Crippen molar-refractivity contribution in [2.45, 2.75) is 297 Å². The van der Waals surface area contributed by atoms with E-state index in [4.69, 9.17) is 14.2 Å². The summed E-state index contributed by atoms with van der Waals surface area (Å²) < 4.78 is 16.8. The van der Waals surface area contributed by atoms with Crippen LogP contribution in [0, 0.1) is 0 Å². The smallest absolute Gasteiger partial charge is 0.306 e. The summed E-state index contributed by atoms with van der Waals surface area (Å²) in [6.07, 6.45) is 73.3. The minimum absolute atomic E-state index is 0.0922. The van der Waals surface area contributed by atoms with Crippen molar-refractivity contribution < 1.29 is 28.6 Å². The van der Waals surface area contributed by atoms with E-state index in [1.807, 2.05) is 0 Å². The Hall–Kier alpha value is -3.15. The third-order valence-corrected chi connectivity index (χ3v) is 12.7. The van der Waals surface area contributed by atoms with Gasteiger partial charge in [-0.05, 0) is 83.5 Å². The van der Waals surface area contributed by atoms with Crippen molar-refractivity contribution in [3.05, 3.63) is 72.9 Å². The quantitative estimate of drug-likeness (QED) is 0.0262. The molecule has 0 radical (unpaired) electrons. The number of hydrogen-bond acceptors (Lipinski definition) is 6. The van der Waals surface area contributed by atoms with Crippen LogP contribution in [-0.4, -0.2) is 37.2 Å². The Bertz CT molecular complexity index is 1290. The van der Waals surface area contributed by atoms with Gasteiger partial charge in [-0.25, -0.2) is 0 Å². The maximum atomic E-state index is 12.9. The fraction of sp³-hybridized carbons (Fsp3) is 0.762. The number of ether oxygens (including phenoxy) is 3. The van der Waals surface area contributed by atoms with Crippen LogP contribution in [0.25, 0.3) is 0 Å². The van der Waals surface area contributed by atoms with E-state index in [0.717, 1.165) is 77.0 Å². The Morgan fingerprint density at radius 1 is 0.304 bits per heavy atom. The first kappa shape index (κ1) is 65.8. The topological polar surface area (TPSA) is 78.9 Å². The number of rotatable bonds is 53. The van der Waals surface area contributed by atoms with Crippen LogP contribution in [0.5, 0.6) is 0 Å². The minimum atomic E-state index is -0.799. The van der Waals surface area contributed by atoms with Crippen LogP contribution in [0.1, 0.15) is 290 Å². The van der Waals surface area contributed by atoms with Crippen molar-refractivity contribution in [2.24, 2.45) is 0 Å². The monoisotopic (exact) mass is 963 g/mol. The molecule has 0 amide bonds. The van der Waals surface area contributed by atoms with Gasteiger partial charge in [0.15, 0.2) is 6.10 Å². The third-order valence-electron chi connectivity index (χ3n) is 12.7. The second kappa shape index (κ2) is 57.4. The number of hydrogen-bond donors (Lipinski definition) is 0. The standard InChI is InChI=1S/C63H110O6/c1-4-7-10-13-16-19-22-25-28-31-34-37-40-43-46-49-52-55-61(64)67-58-60(69-63(66)57-54-51-48-45-42-39-36-33-30-27-24-21-18-15-12-9-6-3)59-68-62(65)56-53-50-47-44-41-38-35-32-29-26-23-20-17-14-11-8-5-2/h7,10,16,19,25,27-28,30,34,37,43,46,60H,4-6,8-9,11-15,17-18,20-24,26,29,31-33,35-36,38-42,44-45,47-59H2,1-3H3/b10-7+,19-16+,28-25+,30-27+,37-34+,46-43+/t60-/m0/s1. The molecule has 1 atom stereocenters. The van der Waals surface area contributed by atoms with E-state index in [0.29, 0.717) is 19.3 Å². The third kappa shape index (κ3) is 55.6.